The van der Waals surface area contributed by atoms with Crippen LogP contribution in [0.2, 0.25) is 0 Å². The van der Waals surface area contributed by atoms with Crippen molar-refractivity contribution in [1.29, 1.82) is 0 Å². The number of nitro groups is 1. The largest absolute Gasteiger partial charge is 0.466 e. The van der Waals surface area contributed by atoms with Crippen LogP contribution in [0, 0.1) is 10.1 Å². The molecular weight excluding hydrogens is 206 g/mol. The summed E-state index contributed by atoms with van der Waals surface area (Å²) in [6, 6.07) is 1.39. The van der Waals surface area contributed by atoms with Crippen molar-refractivity contribution in [2.24, 2.45) is 0 Å². The molecule has 76 valence electrons. The average Bonchev–Trinajstić information content (AvgIpc) is 2.53. The summed E-state index contributed by atoms with van der Waals surface area (Å²) < 4.78 is 4.71. The molecule has 1 heterocycles. The van der Waals surface area contributed by atoms with Crippen molar-refractivity contribution < 1.29 is 14.5 Å². The number of ether oxygens (including phenoxy) is 1. The molecule has 5 nitrogen and oxygen atoms in total. The van der Waals surface area contributed by atoms with Crippen LogP contribution >= 0.6 is 11.3 Å². The predicted octanol–water partition coefficient (Wildman–Crippen LogP) is 1.76. The van der Waals surface area contributed by atoms with Gasteiger partial charge in [-0.15, -0.1) is 0 Å². The van der Waals surface area contributed by atoms with Crippen molar-refractivity contribution in [2.75, 3.05) is 6.61 Å². The molecule has 0 N–H and O–H groups in total. The summed E-state index contributed by atoms with van der Waals surface area (Å²) >= 11 is 1.01. The molecule has 0 aromatic carbocycles. The number of rotatable bonds is 4. The molecule has 6 heteroatoms. The molecule has 0 radical (unpaired) electrons. The maximum Gasteiger partial charge on any atom is 0.324 e. The second-order valence-corrected chi connectivity index (χ2v) is 3.42. The van der Waals surface area contributed by atoms with Gasteiger partial charge in [-0.25, -0.2) is 0 Å². The summed E-state index contributed by atoms with van der Waals surface area (Å²) in [5, 5.41) is 12.0. The Bertz CT molecular complexity index is 347. The molecule has 0 aliphatic heterocycles. The summed E-state index contributed by atoms with van der Waals surface area (Å²) in [6.07, 6.45) is 0.0954. The van der Waals surface area contributed by atoms with Crippen molar-refractivity contribution in [3.8, 4) is 0 Å². The zero-order chi connectivity index (χ0) is 10.6. The van der Waals surface area contributed by atoms with Crippen LogP contribution in [0.15, 0.2) is 11.4 Å². The van der Waals surface area contributed by atoms with Gasteiger partial charge in [-0.2, -0.15) is 0 Å². The minimum Gasteiger partial charge on any atom is -0.466 e. The van der Waals surface area contributed by atoms with Gasteiger partial charge in [-0.05, 0) is 12.5 Å². The van der Waals surface area contributed by atoms with E-state index in [0.29, 0.717) is 12.2 Å². The Morgan fingerprint density at radius 1 is 1.71 bits per heavy atom. The number of esters is 1. The Hall–Kier alpha value is -1.43. The van der Waals surface area contributed by atoms with E-state index in [1.165, 1.54) is 6.07 Å². The first-order chi connectivity index (χ1) is 6.63. The fraction of sp³-hybridized carbons (Fsp3) is 0.375. The first-order valence-corrected chi connectivity index (χ1v) is 4.89. The molecule has 0 bridgehead atoms. The van der Waals surface area contributed by atoms with Gasteiger partial charge in [0.05, 0.1) is 18.0 Å². The molecule has 0 aliphatic carbocycles. The number of nitrogens with zero attached hydrogens (tertiary/aromatic N) is 1. The highest BCUT2D eigenvalue weighted by Crippen LogP contribution is 2.22. The van der Waals surface area contributed by atoms with E-state index in [1.807, 2.05) is 0 Å². The van der Waals surface area contributed by atoms with E-state index >= 15 is 0 Å². The molecule has 0 amide bonds. The van der Waals surface area contributed by atoms with Crippen molar-refractivity contribution in [1.82, 2.24) is 0 Å². The summed E-state index contributed by atoms with van der Waals surface area (Å²) in [7, 11) is 0. The van der Waals surface area contributed by atoms with E-state index in [2.05, 4.69) is 0 Å². The average molecular weight is 215 g/mol. The van der Waals surface area contributed by atoms with E-state index in [4.69, 9.17) is 4.74 Å². The third-order valence-corrected chi connectivity index (χ3v) is 2.40. The van der Waals surface area contributed by atoms with E-state index in [-0.39, 0.29) is 17.4 Å². The van der Waals surface area contributed by atoms with Crippen LogP contribution < -0.4 is 0 Å². The third kappa shape index (κ3) is 2.81. The molecule has 0 fully saturated rings. The fourth-order valence-corrected chi connectivity index (χ4v) is 1.66. The van der Waals surface area contributed by atoms with E-state index in [1.54, 1.807) is 12.3 Å². The van der Waals surface area contributed by atoms with Crippen molar-refractivity contribution in [2.45, 2.75) is 13.3 Å². The maximum atomic E-state index is 11.0. The van der Waals surface area contributed by atoms with E-state index in [9.17, 15) is 14.9 Å². The van der Waals surface area contributed by atoms with Gasteiger partial charge in [-0.1, -0.05) is 11.3 Å². The zero-order valence-electron chi connectivity index (χ0n) is 7.56. The summed E-state index contributed by atoms with van der Waals surface area (Å²) in [4.78, 5) is 20.9. The lowest BCUT2D eigenvalue weighted by Gasteiger charge is -1.97. The lowest BCUT2D eigenvalue weighted by molar-refractivity contribution is -0.380. The fourth-order valence-electron chi connectivity index (χ4n) is 0.930. The molecule has 0 spiro atoms. The van der Waals surface area contributed by atoms with Crippen molar-refractivity contribution in [3.05, 3.63) is 27.1 Å². The highest BCUT2D eigenvalue weighted by molar-refractivity contribution is 7.13. The lowest BCUT2D eigenvalue weighted by atomic mass is 10.2. The number of hydrogen-bond acceptors (Lipinski definition) is 5. The number of hydrogen-bond donors (Lipinski definition) is 0. The molecule has 0 saturated heterocycles. The van der Waals surface area contributed by atoms with E-state index < -0.39 is 4.92 Å². The Morgan fingerprint density at radius 2 is 2.43 bits per heavy atom. The van der Waals surface area contributed by atoms with Gasteiger partial charge < -0.3 is 4.74 Å². The van der Waals surface area contributed by atoms with Gasteiger partial charge in [0.15, 0.2) is 0 Å². The van der Waals surface area contributed by atoms with Crippen LogP contribution in [0.1, 0.15) is 12.5 Å². The molecule has 0 atom stereocenters. The summed E-state index contributed by atoms with van der Waals surface area (Å²) in [5.41, 5.74) is 0.625. The normalized spacial score (nSPS) is 9.79. The van der Waals surface area contributed by atoms with Gasteiger partial charge in [0.25, 0.3) is 0 Å². The molecule has 1 rings (SSSR count). The number of carbonyl (C=O) groups is 1. The first-order valence-electron chi connectivity index (χ1n) is 4.01. The minimum atomic E-state index is -0.473. The smallest absolute Gasteiger partial charge is 0.324 e. The number of carbonyl (C=O) groups excluding carboxylic acids is 1. The predicted molar refractivity (Wildman–Crippen MR) is 51.3 cm³/mol. The molecule has 0 aliphatic rings. The van der Waals surface area contributed by atoms with Gasteiger partial charge >= 0.3 is 11.0 Å². The van der Waals surface area contributed by atoms with Crippen molar-refractivity contribution >= 4 is 22.3 Å². The Labute approximate surface area is 84.5 Å². The third-order valence-electron chi connectivity index (χ3n) is 1.47. The lowest BCUT2D eigenvalue weighted by Crippen LogP contribution is -2.06. The Kier molecular flexibility index (Phi) is 3.58. The molecule has 1 aromatic rings. The SMILES string of the molecule is CCOC(=O)Cc1csc([N+](=O)[O-])c1. The van der Waals surface area contributed by atoms with Crippen LogP contribution in [-0.2, 0) is 16.0 Å². The minimum absolute atomic E-state index is 0.0456. The topological polar surface area (TPSA) is 69.4 Å². The molecule has 1 aromatic heterocycles. The van der Waals surface area contributed by atoms with Crippen LogP contribution in [-0.4, -0.2) is 17.5 Å². The van der Waals surface area contributed by atoms with Crippen LogP contribution in [0.25, 0.3) is 0 Å². The summed E-state index contributed by atoms with van der Waals surface area (Å²) in [5.74, 6) is -0.361. The van der Waals surface area contributed by atoms with Gasteiger partial charge in [0.2, 0.25) is 0 Å². The second-order valence-electron chi connectivity index (χ2n) is 2.53. The van der Waals surface area contributed by atoms with Gasteiger partial charge in [0.1, 0.15) is 0 Å². The maximum absolute atomic E-state index is 11.0. The standard InChI is InChI=1S/C8H9NO4S/c1-2-13-8(10)4-6-3-7(9(11)12)14-5-6/h3,5H,2,4H2,1H3. The van der Waals surface area contributed by atoms with Crippen LogP contribution in [0.5, 0.6) is 0 Å². The highest BCUT2D eigenvalue weighted by Gasteiger charge is 2.12. The Morgan fingerprint density at radius 3 is 2.93 bits per heavy atom. The van der Waals surface area contributed by atoms with Crippen LogP contribution in [0.3, 0.4) is 0 Å². The highest BCUT2D eigenvalue weighted by atomic mass is 32.1. The quantitative estimate of drug-likeness (QED) is 0.436. The molecule has 0 saturated carbocycles. The monoisotopic (exact) mass is 215 g/mol. The Balaban J connectivity index is 2.59. The molecule has 0 unspecified atom stereocenters. The van der Waals surface area contributed by atoms with Gasteiger partial charge in [0, 0.05) is 11.4 Å². The van der Waals surface area contributed by atoms with Crippen LogP contribution in [0.4, 0.5) is 5.00 Å². The number of thiophene rings is 1. The zero-order valence-corrected chi connectivity index (χ0v) is 8.37. The molecular formula is C8H9NO4S. The first kappa shape index (κ1) is 10.6. The van der Waals surface area contributed by atoms with E-state index in [0.717, 1.165) is 11.3 Å². The van der Waals surface area contributed by atoms with Gasteiger partial charge in [-0.3, -0.25) is 14.9 Å². The summed E-state index contributed by atoms with van der Waals surface area (Å²) in [6.45, 7) is 2.04. The van der Waals surface area contributed by atoms with Crippen molar-refractivity contribution in [3.63, 3.8) is 0 Å². The molecule has 14 heavy (non-hydrogen) atoms. The second kappa shape index (κ2) is 4.71.